The third kappa shape index (κ3) is 4.45. The monoisotopic (exact) mass is 699 g/mol. The summed E-state index contributed by atoms with van der Waals surface area (Å²) in [5, 5.41) is 0. The van der Waals surface area contributed by atoms with Crippen molar-refractivity contribution in [2.24, 2.45) is 5.92 Å². The zero-order valence-corrected chi connectivity index (χ0v) is 26.3. The quantitative estimate of drug-likeness (QED) is 0.219. The normalized spacial score (nSPS) is 38.6. The molecule has 4 aromatic rings. The number of hydrogen-bond acceptors (Lipinski definition) is 16. The minimum atomic E-state index is -4.09. The molecular formula is C23H26FN10O9P2S+. The Morgan fingerprint density at radius 1 is 1.20 bits per heavy atom. The fourth-order valence-corrected chi connectivity index (χ4v) is 9.29. The van der Waals surface area contributed by atoms with Crippen LogP contribution in [0.3, 0.4) is 0 Å². The molecule has 1 saturated carbocycles. The number of fused-ring (bicyclic) bond motifs is 4. The van der Waals surface area contributed by atoms with Gasteiger partial charge in [-0.2, -0.15) is 4.98 Å². The van der Waals surface area contributed by atoms with Crippen LogP contribution in [0.25, 0.3) is 22.3 Å². The van der Waals surface area contributed by atoms with Crippen LogP contribution in [0.2, 0.25) is 0 Å². The van der Waals surface area contributed by atoms with Gasteiger partial charge in [-0.25, -0.2) is 24.3 Å². The van der Waals surface area contributed by atoms with Crippen molar-refractivity contribution in [3.8, 4) is 0 Å². The van der Waals surface area contributed by atoms with E-state index in [1.165, 1.54) is 23.5 Å². The molecule has 3 saturated heterocycles. The molecule has 6 N–H and O–H groups in total. The highest BCUT2D eigenvalue weighted by Gasteiger charge is 2.82. The van der Waals surface area contributed by atoms with E-state index in [9.17, 15) is 14.3 Å². The van der Waals surface area contributed by atoms with E-state index in [1.807, 2.05) is 6.92 Å². The highest BCUT2D eigenvalue weighted by Crippen LogP contribution is 2.73. The molecule has 8 rings (SSSR count). The summed E-state index contributed by atoms with van der Waals surface area (Å²) in [5.74, 6) is -0.480. The second-order valence-electron chi connectivity index (χ2n) is 11.4. The lowest BCUT2D eigenvalue weighted by atomic mass is 9.95. The first kappa shape index (κ1) is 30.2. The largest absolute Gasteiger partial charge is 0.698 e. The van der Waals surface area contributed by atoms with Gasteiger partial charge in [-0.3, -0.25) is 23.4 Å². The van der Waals surface area contributed by atoms with Crippen molar-refractivity contribution in [3.05, 3.63) is 29.3 Å². The number of halogens is 1. The summed E-state index contributed by atoms with van der Waals surface area (Å²) in [6.45, 7) is -3.09. The Labute approximate surface area is 262 Å². The first-order valence-corrected chi connectivity index (χ1v) is 17.7. The third-order valence-electron chi connectivity index (χ3n) is 8.87. The number of aromatic nitrogens is 8. The Kier molecular flexibility index (Phi) is 6.87. The first-order chi connectivity index (χ1) is 22.0. The fraction of sp³-hybridized carbons (Fsp3) is 0.565. The number of nitrogen functional groups attached to an aromatic ring is 2. The van der Waals surface area contributed by atoms with Crippen LogP contribution in [0, 0.1) is 5.92 Å². The number of hydrogen-bond donors (Lipinski definition) is 4. The summed E-state index contributed by atoms with van der Waals surface area (Å²) in [6, 6.07) is 0. The Morgan fingerprint density at radius 2 is 1.96 bits per heavy atom. The molecule has 2 unspecified atom stereocenters. The van der Waals surface area contributed by atoms with Crippen LogP contribution in [0.5, 0.6) is 0 Å². The van der Waals surface area contributed by atoms with Crippen molar-refractivity contribution in [3.63, 3.8) is 0 Å². The fourth-order valence-electron chi connectivity index (χ4n) is 6.74. The zero-order chi connectivity index (χ0) is 32.2. The van der Waals surface area contributed by atoms with E-state index in [4.69, 9.17) is 50.8 Å². The standard InChI is InChI=1S/C23H25FN10O9P2S/c1-2-9-19(33-7-29-12-15(25)27-6-28-16(12)33)41-22-4-23(9,22)43-45(37,46)39-3-10-11(24)14(42-44(36)38-5-22)20(40-10)34-8-30-13-17(34)31-21(26)32-18(13)35/h6-11,14,19-20H,2-5H2,1H3,(H5-,25,26,27,28,31,32,35,37,46)/p+1/t9-,10+,11+,14+,19+,20+,22+,23-,45?/m0/s1. The van der Waals surface area contributed by atoms with E-state index < -0.39 is 75.1 Å². The summed E-state index contributed by atoms with van der Waals surface area (Å²) in [4.78, 5) is 46.7. The molecule has 23 heteroatoms. The highest BCUT2D eigenvalue weighted by atomic mass is 32.5. The molecule has 46 heavy (non-hydrogen) atoms. The lowest BCUT2D eigenvalue weighted by molar-refractivity contribution is -0.0722. The van der Waals surface area contributed by atoms with Crippen LogP contribution in [0.1, 0.15) is 32.2 Å². The summed E-state index contributed by atoms with van der Waals surface area (Å²) < 4.78 is 67.7. The van der Waals surface area contributed by atoms with Gasteiger partial charge in [0, 0.05) is 16.9 Å². The SMILES string of the molecule is CC[C@H]1[C@H](n2cnc3c(N)ncnc32)O[C@]23CO[P+](=O)O[C@@H]4[C@H](F)[C@@H](COP(O)(=S)O[C@@]12C3)O[C@H]4n1cnc2c(=O)[nH]c(N)nc21. The number of rotatable bonds is 3. The van der Waals surface area contributed by atoms with Gasteiger partial charge in [-0.1, -0.05) is 6.92 Å². The Balaban J connectivity index is 1.13. The molecule has 3 aliphatic heterocycles. The van der Waals surface area contributed by atoms with E-state index in [2.05, 4.69) is 29.9 Å². The molecular weight excluding hydrogens is 673 g/mol. The van der Waals surface area contributed by atoms with Gasteiger partial charge in [0.25, 0.3) is 5.56 Å². The van der Waals surface area contributed by atoms with Crippen molar-refractivity contribution in [1.82, 2.24) is 39.0 Å². The number of H-pyrrole nitrogens is 1. The smallest absolute Gasteiger partial charge is 0.382 e. The van der Waals surface area contributed by atoms with Crippen molar-refractivity contribution in [2.75, 3.05) is 24.7 Å². The predicted molar refractivity (Wildman–Crippen MR) is 157 cm³/mol. The van der Waals surface area contributed by atoms with Gasteiger partial charge in [0.15, 0.2) is 41.1 Å². The lowest BCUT2D eigenvalue weighted by Crippen LogP contribution is -2.33. The lowest BCUT2D eigenvalue weighted by Gasteiger charge is -2.29. The molecule has 0 amide bonds. The number of aromatic amines is 1. The average molecular weight is 700 g/mol. The van der Waals surface area contributed by atoms with Crippen molar-refractivity contribution >= 4 is 60.9 Å². The number of nitrogens with one attached hydrogen (secondary N) is 1. The molecule has 0 radical (unpaired) electrons. The van der Waals surface area contributed by atoms with Gasteiger partial charge in [0.1, 0.15) is 42.0 Å². The Morgan fingerprint density at radius 3 is 2.74 bits per heavy atom. The van der Waals surface area contributed by atoms with Crippen LogP contribution in [-0.2, 0) is 43.9 Å². The number of ether oxygens (including phenoxy) is 2. The van der Waals surface area contributed by atoms with Crippen LogP contribution >= 0.6 is 15.0 Å². The van der Waals surface area contributed by atoms with E-state index in [1.54, 1.807) is 4.57 Å². The molecule has 0 aromatic carbocycles. The highest BCUT2D eigenvalue weighted by molar-refractivity contribution is 8.07. The number of nitrogens with zero attached hydrogens (tertiary/aromatic N) is 7. The molecule has 7 heterocycles. The predicted octanol–water partition coefficient (Wildman–Crippen LogP) is 1.12. The molecule has 1 aliphatic carbocycles. The van der Waals surface area contributed by atoms with Gasteiger partial charge in [0.2, 0.25) is 5.95 Å². The number of imidazole rings is 2. The van der Waals surface area contributed by atoms with E-state index in [0.717, 1.165) is 0 Å². The average Bonchev–Trinajstić information content (AvgIpc) is 3.46. The summed E-state index contributed by atoms with van der Waals surface area (Å²) in [6.07, 6.45) is -2.28. The van der Waals surface area contributed by atoms with Gasteiger partial charge in [0.05, 0.1) is 19.3 Å². The molecule has 4 aliphatic rings. The van der Waals surface area contributed by atoms with Crippen LogP contribution in [-0.4, -0.2) is 86.7 Å². The molecule has 2 bridgehead atoms. The minimum absolute atomic E-state index is 0.0294. The van der Waals surface area contributed by atoms with Gasteiger partial charge >= 0.3 is 15.0 Å². The zero-order valence-electron chi connectivity index (χ0n) is 23.7. The molecule has 19 nitrogen and oxygen atoms in total. The van der Waals surface area contributed by atoms with Gasteiger partial charge < -0.3 is 30.4 Å². The van der Waals surface area contributed by atoms with Gasteiger partial charge in [-0.05, 0) is 18.2 Å². The number of anilines is 2. The van der Waals surface area contributed by atoms with Gasteiger partial charge in [-0.15, -0.1) is 9.05 Å². The first-order valence-electron chi connectivity index (χ1n) is 14.0. The van der Waals surface area contributed by atoms with E-state index in [0.29, 0.717) is 17.6 Å². The topological polar surface area (TPSA) is 252 Å². The number of nitrogens with two attached hydrogens (primary N) is 2. The summed E-state index contributed by atoms with van der Waals surface area (Å²) in [7, 11) is -2.99. The molecule has 10 atom stereocenters. The maximum absolute atomic E-state index is 15.9. The third-order valence-corrected chi connectivity index (χ3v) is 11.2. The minimum Gasteiger partial charge on any atom is -0.382 e. The van der Waals surface area contributed by atoms with Crippen molar-refractivity contribution < 1.29 is 41.4 Å². The molecule has 4 aromatic heterocycles. The molecule has 4 fully saturated rings. The van der Waals surface area contributed by atoms with Crippen molar-refractivity contribution in [2.45, 2.75) is 61.8 Å². The van der Waals surface area contributed by atoms with Crippen molar-refractivity contribution in [1.29, 1.82) is 0 Å². The Bertz CT molecular complexity index is 2020. The van der Waals surface area contributed by atoms with E-state index in [-0.39, 0.29) is 36.0 Å². The molecule has 244 valence electrons. The van der Waals surface area contributed by atoms with Crippen LogP contribution in [0.15, 0.2) is 23.8 Å². The van der Waals surface area contributed by atoms with E-state index >= 15 is 4.39 Å². The number of alkyl halides is 1. The second-order valence-corrected chi connectivity index (χ2v) is 15.1. The second kappa shape index (κ2) is 10.4. The maximum Gasteiger partial charge on any atom is 0.698 e. The maximum atomic E-state index is 15.9. The summed E-state index contributed by atoms with van der Waals surface area (Å²) in [5.41, 5.74) is 9.24. The van der Waals surface area contributed by atoms with Crippen LogP contribution in [0.4, 0.5) is 16.2 Å². The van der Waals surface area contributed by atoms with Crippen LogP contribution < -0.4 is 17.0 Å². The molecule has 0 spiro atoms. The summed E-state index contributed by atoms with van der Waals surface area (Å²) >= 11 is 5.41. The Hall–Kier alpha value is -3.10.